The molecule has 1 atom stereocenters. The van der Waals surface area contributed by atoms with Gasteiger partial charge in [0.1, 0.15) is 5.75 Å². The number of ether oxygens (including phenoxy) is 1. The second-order valence-electron chi connectivity index (χ2n) is 6.74. The van der Waals surface area contributed by atoms with Gasteiger partial charge in [-0.05, 0) is 49.4 Å². The molecule has 23 heavy (non-hydrogen) atoms. The van der Waals surface area contributed by atoms with E-state index in [0.29, 0.717) is 18.5 Å². The van der Waals surface area contributed by atoms with Crippen LogP contribution in [0.1, 0.15) is 41.8 Å². The number of hydrogen-bond donors (Lipinski definition) is 1. The number of hydrogen-bond acceptors (Lipinski definition) is 3. The first-order valence-corrected chi connectivity index (χ1v) is 7.91. The number of aliphatic carboxylic acids is 1. The lowest BCUT2D eigenvalue weighted by Gasteiger charge is -2.28. The highest BCUT2D eigenvalue weighted by Crippen LogP contribution is 2.39. The number of carbonyl (C=O) groups is 2. The van der Waals surface area contributed by atoms with Gasteiger partial charge in [0.05, 0.1) is 12.5 Å². The minimum atomic E-state index is -0.841. The summed E-state index contributed by atoms with van der Waals surface area (Å²) in [4.78, 5) is 26.1. The third-order valence-electron chi connectivity index (χ3n) is 5.03. The Hall–Kier alpha value is -2.04. The van der Waals surface area contributed by atoms with Crippen LogP contribution >= 0.6 is 0 Å². The summed E-state index contributed by atoms with van der Waals surface area (Å²) in [6, 6.07) is 3.62. The Morgan fingerprint density at radius 3 is 2.22 bits per heavy atom. The molecule has 0 aliphatic carbocycles. The van der Waals surface area contributed by atoms with Crippen molar-refractivity contribution in [2.45, 2.75) is 34.1 Å². The van der Waals surface area contributed by atoms with Crippen LogP contribution in [-0.2, 0) is 4.79 Å². The van der Waals surface area contributed by atoms with Crippen molar-refractivity contribution < 1.29 is 19.4 Å². The van der Waals surface area contributed by atoms with Crippen LogP contribution in [0, 0.1) is 25.2 Å². The molecule has 1 saturated heterocycles. The number of amides is 1. The average Bonchev–Trinajstić information content (AvgIpc) is 2.92. The molecule has 1 heterocycles. The van der Waals surface area contributed by atoms with Crippen LogP contribution in [0.3, 0.4) is 0 Å². The molecule has 0 aromatic heterocycles. The van der Waals surface area contributed by atoms with E-state index in [1.54, 1.807) is 12.0 Å². The number of carboxylic acids is 1. The Morgan fingerprint density at radius 2 is 1.83 bits per heavy atom. The summed E-state index contributed by atoms with van der Waals surface area (Å²) in [5.41, 5.74) is 1.56. The molecule has 0 radical (unpaired) electrons. The van der Waals surface area contributed by atoms with Gasteiger partial charge in [-0.1, -0.05) is 13.8 Å². The van der Waals surface area contributed by atoms with Gasteiger partial charge in [-0.2, -0.15) is 0 Å². The maximum absolute atomic E-state index is 12.8. The summed E-state index contributed by atoms with van der Waals surface area (Å²) in [6.45, 7) is 8.37. The zero-order valence-corrected chi connectivity index (χ0v) is 14.5. The molecule has 1 amide bonds. The minimum absolute atomic E-state index is 0.0165. The van der Waals surface area contributed by atoms with Crippen molar-refractivity contribution in [2.75, 3.05) is 20.2 Å². The van der Waals surface area contributed by atoms with Gasteiger partial charge in [-0.3, -0.25) is 9.59 Å². The molecule has 1 aliphatic rings. The summed E-state index contributed by atoms with van der Waals surface area (Å²) >= 11 is 0. The standard InChI is InChI=1S/C18H25NO4/c1-11(2)18(17(21)22)6-7-19(10-18)16(20)14-8-12(3)15(23-5)13(4)9-14/h8-9,11H,6-7,10H2,1-5H3,(H,21,22). The fourth-order valence-corrected chi connectivity index (χ4v) is 3.48. The fourth-order valence-electron chi connectivity index (χ4n) is 3.48. The highest BCUT2D eigenvalue weighted by molar-refractivity contribution is 5.95. The molecule has 126 valence electrons. The predicted molar refractivity (Wildman–Crippen MR) is 87.9 cm³/mol. The number of nitrogens with zero attached hydrogens (tertiary/aromatic N) is 1. The molecule has 1 aliphatic heterocycles. The quantitative estimate of drug-likeness (QED) is 0.926. The number of aryl methyl sites for hydroxylation is 2. The van der Waals surface area contributed by atoms with Crippen molar-refractivity contribution in [2.24, 2.45) is 11.3 Å². The predicted octanol–water partition coefficient (Wildman–Crippen LogP) is 2.88. The highest BCUT2D eigenvalue weighted by atomic mass is 16.5. The molecule has 0 saturated carbocycles. The lowest BCUT2D eigenvalue weighted by atomic mass is 9.76. The molecule has 1 fully saturated rings. The van der Waals surface area contributed by atoms with E-state index in [-0.39, 0.29) is 18.4 Å². The first kappa shape index (κ1) is 17.3. The zero-order chi connectivity index (χ0) is 17.4. The van der Waals surface area contributed by atoms with Gasteiger partial charge in [-0.25, -0.2) is 0 Å². The molecule has 1 aromatic rings. The van der Waals surface area contributed by atoms with Crippen LogP contribution in [0.2, 0.25) is 0 Å². The van der Waals surface area contributed by atoms with Gasteiger partial charge in [0.15, 0.2) is 0 Å². The van der Waals surface area contributed by atoms with Crippen LogP contribution in [0.25, 0.3) is 0 Å². The Labute approximate surface area is 137 Å². The second-order valence-corrected chi connectivity index (χ2v) is 6.74. The molecular formula is C18H25NO4. The summed E-state index contributed by atoms with van der Waals surface area (Å²) in [5, 5.41) is 9.61. The van der Waals surface area contributed by atoms with Crippen LogP contribution < -0.4 is 4.74 Å². The van der Waals surface area contributed by atoms with Crippen molar-refractivity contribution in [3.8, 4) is 5.75 Å². The molecule has 1 N–H and O–H groups in total. The number of methoxy groups -OCH3 is 1. The minimum Gasteiger partial charge on any atom is -0.496 e. The van der Waals surface area contributed by atoms with E-state index >= 15 is 0 Å². The largest absolute Gasteiger partial charge is 0.496 e. The maximum atomic E-state index is 12.8. The summed E-state index contributed by atoms with van der Waals surface area (Å²) < 4.78 is 5.33. The van der Waals surface area contributed by atoms with Crippen molar-refractivity contribution >= 4 is 11.9 Å². The SMILES string of the molecule is COc1c(C)cc(C(=O)N2CCC(C(=O)O)(C(C)C)C2)cc1C. The third kappa shape index (κ3) is 2.92. The number of rotatable bonds is 4. The lowest BCUT2D eigenvalue weighted by Crippen LogP contribution is -2.40. The fraction of sp³-hybridized carbons (Fsp3) is 0.556. The number of likely N-dealkylation sites (tertiary alicyclic amines) is 1. The first-order chi connectivity index (χ1) is 10.7. The van der Waals surface area contributed by atoms with Gasteiger partial charge in [0, 0.05) is 18.7 Å². The van der Waals surface area contributed by atoms with E-state index in [0.717, 1.165) is 16.9 Å². The molecule has 1 unspecified atom stereocenters. The van der Waals surface area contributed by atoms with Crippen LogP contribution in [0.15, 0.2) is 12.1 Å². The Balaban J connectivity index is 2.28. The number of carbonyl (C=O) groups excluding carboxylic acids is 1. The van der Waals surface area contributed by atoms with E-state index in [9.17, 15) is 14.7 Å². The molecule has 1 aromatic carbocycles. The second kappa shape index (κ2) is 6.22. The molecule has 2 rings (SSSR count). The van der Waals surface area contributed by atoms with Gasteiger partial charge in [0.2, 0.25) is 0 Å². The Kier molecular flexibility index (Phi) is 4.68. The highest BCUT2D eigenvalue weighted by Gasteiger charge is 2.48. The molecule has 0 spiro atoms. The summed E-state index contributed by atoms with van der Waals surface area (Å²) in [5.74, 6) is -0.158. The van der Waals surface area contributed by atoms with Gasteiger partial charge >= 0.3 is 5.97 Å². The molecular weight excluding hydrogens is 294 g/mol. The van der Waals surface area contributed by atoms with E-state index in [1.165, 1.54) is 0 Å². The Bertz CT molecular complexity index is 615. The van der Waals surface area contributed by atoms with E-state index in [2.05, 4.69) is 0 Å². The molecule has 0 bridgehead atoms. The van der Waals surface area contributed by atoms with E-state index < -0.39 is 11.4 Å². The third-order valence-corrected chi connectivity index (χ3v) is 5.03. The van der Waals surface area contributed by atoms with Crippen molar-refractivity contribution in [3.05, 3.63) is 28.8 Å². The summed E-state index contributed by atoms with van der Waals surface area (Å²) in [7, 11) is 1.61. The monoisotopic (exact) mass is 319 g/mol. The van der Waals surface area contributed by atoms with Gasteiger partial charge in [0.25, 0.3) is 5.91 Å². The van der Waals surface area contributed by atoms with E-state index in [1.807, 2.05) is 39.8 Å². The van der Waals surface area contributed by atoms with E-state index in [4.69, 9.17) is 4.74 Å². The van der Waals surface area contributed by atoms with Crippen molar-refractivity contribution in [3.63, 3.8) is 0 Å². The van der Waals surface area contributed by atoms with Crippen LogP contribution in [0.4, 0.5) is 0 Å². The van der Waals surface area contributed by atoms with Crippen molar-refractivity contribution in [1.29, 1.82) is 0 Å². The summed E-state index contributed by atoms with van der Waals surface area (Å²) in [6.07, 6.45) is 0.500. The average molecular weight is 319 g/mol. The topological polar surface area (TPSA) is 66.8 Å². The number of carboxylic acid groups (broad SMARTS) is 1. The van der Waals surface area contributed by atoms with Crippen LogP contribution in [-0.4, -0.2) is 42.1 Å². The zero-order valence-electron chi connectivity index (χ0n) is 14.5. The molecule has 5 nitrogen and oxygen atoms in total. The van der Waals surface area contributed by atoms with Gasteiger partial charge in [-0.15, -0.1) is 0 Å². The smallest absolute Gasteiger partial charge is 0.311 e. The van der Waals surface area contributed by atoms with Crippen molar-refractivity contribution in [1.82, 2.24) is 4.90 Å². The van der Waals surface area contributed by atoms with Gasteiger partial charge < -0.3 is 14.7 Å². The molecule has 5 heteroatoms. The Morgan fingerprint density at radius 1 is 1.26 bits per heavy atom. The maximum Gasteiger partial charge on any atom is 0.311 e. The van der Waals surface area contributed by atoms with Crippen LogP contribution in [0.5, 0.6) is 5.75 Å². The first-order valence-electron chi connectivity index (χ1n) is 7.91. The normalized spacial score (nSPS) is 20.9. The lowest BCUT2D eigenvalue weighted by molar-refractivity contribution is -0.150. The number of benzene rings is 1.